The summed E-state index contributed by atoms with van der Waals surface area (Å²) in [6, 6.07) is 7.86. The number of hydrogen-bond donors (Lipinski definition) is 2. The molecule has 1 unspecified atom stereocenters. The lowest BCUT2D eigenvalue weighted by Gasteiger charge is -2.11. The molecule has 0 aliphatic heterocycles. The van der Waals surface area contributed by atoms with Crippen molar-refractivity contribution in [2.75, 3.05) is 0 Å². The standard InChI is InChI=1S/C13H17N3O/c1-10-2-4-12(5-3-10)13(17)9-16-8-11(6-14)7-15-16/h2-5,7-8,13,17H,6,9,14H2,1H3. The molecule has 0 fully saturated rings. The van der Waals surface area contributed by atoms with Gasteiger partial charge in [0.2, 0.25) is 0 Å². The number of aryl methyl sites for hydroxylation is 1. The zero-order chi connectivity index (χ0) is 12.3. The molecule has 0 bridgehead atoms. The fourth-order valence-electron chi connectivity index (χ4n) is 1.68. The van der Waals surface area contributed by atoms with Crippen LogP contribution in [0.4, 0.5) is 0 Å². The summed E-state index contributed by atoms with van der Waals surface area (Å²) in [5.41, 5.74) is 8.57. The normalized spacial score (nSPS) is 12.6. The van der Waals surface area contributed by atoms with E-state index in [0.717, 1.165) is 11.1 Å². The van der Waals surface area contributed by atoms with E-state index >= 15 is 0 Å². The zero-order valence-corrected chi connectivity index (χ0v) is 9.87. The number of aromatic nitrogens is 2. The Morgan fingerprint density at radius 1 is 1.35 bits per heavy atom. The van der Waals surface area contributed by atoms with Gasteiger partial charge in [-0.2, -0.15) is 5.10 Å². The fraction of sp³-hybridized carbons (Fsp3) is 0.308. The molecule has 0 aliphatic carbocycles. The molecule has 2 rings (SSSR count). The molecule has 0 saturated heterocycles. The van der Waals surface area contributed by atoms with E-state index in [0.29, 0.717) is 13.1 Å². The van der Waals surface area contributed by atoms with Gasteiger partial charge in [-0.05, 0) is 12.5 Å². The van der Waals surface area contributed by atoms with Gasteiger partial charge in [0.15, 0.2) is 0 Å². The fourth-order valence-corrected chi connectivity index (χ4v) is 1.68. The second-order valence-electron chi connectivity index (χ2n) is 4.20. The zero-order valence-electron chi connectivity index (χ0n) is 9.87. The number of aliphatic hydroxyl groups excluding tert-OH is 1. The van der Waals surface area contributed by atoms with E-state index < -0.39 is 6.10 Å². The van der Waals surface area contributed by atoms with Gasteiger partial charge >= 0.3 is 0 Å². The lowest BCUT2D eigenvalue weighted by atomic mass is 10.1. The van der Waals surface area contributed by atoms with Gasteiger partial charge < -0.3 is 10.8 Å². The average Bonchev–Trinajstić information content (AvgIpc) is 2.77. The molecule has 1 aromatic carbocycles. The topological polar surface area (TPSA) is 64.1 Å². The number of rotatable bonds is 4. The minimum absolute atomic E-state index is 0.447. The van der Waals surface area contributed by atoms with Gasteiger partial charge in [-0.3, -0.25) is 4.68 Å². The van der Waals surface area contributed by atoms with Crippen LogP contribution in [0.1, 0.15) is 22.8 Å². The van der Waals surface area contributed by atoms with Crippen molar-refractivity contribution in [3.63, 3.8) is 0 Å². The third kappa shape index (κ3) is 2.93. The van der Waals surface area contributed by atoms with Crippen LogP contribution in [0.2, 0.25) is 0 Å². The van der Waals surface area contributed by atoms with Crippen molar-refractivity contribution in [3.8, 4) is 0 Å². The largest absolute Gasteiger partial charge is 0.386 e. The van der Waals surface area contributed by atoms with Crippen molar-refractivity contribution in [1.29, 1.82) is 0 Å². The predicted octanol–water partition coefficient (Wildman–Crippen LogP) is 1.38. The molecule has 90 valence electrons. The molecule has 0 radical (unpaired) electrons. The van der Waals surface area contributed by atoms with Crippen molar-refractivity contribution in [2.24, 2.45) is 5.73 Å². The van der Waals surface area contributed by atoms with Crippen LogP contribution in [0.25, 0.3) is 0 Å². The van der Waals surface area contributed by atoms with Crippen LogP contribution in [0.15, 0.2) is 36.7 Å². The molecule has 0 amide bonds. The highest BCUT2D eigenvalue weighted by atomic mass is 16.3. The van der Waals surface area contributed by atoms with E-state index in [1.54, 1.807) is 10.9 Å². The maximum atomic E-state index is 10.1. The first-order chi connectivity index (χ1) is 8.19. The van der Waals surface area contributed by atoms with Crippen LogP contribution in [0.5, 0.6) is 0 Å². The Hall–Kier alpha value is -1.65. The van der Waals surface area contributed by atoms with E-state index in [4.69, 9.17) is 5.73 Å². The molecule has 4 heteroatoms. The van der Waals surface area contributed by atoms with E-state index in [-0.39, 0.29) is 0 Å². The van der Waals surface area contributed by atoms with Crippen molar-refractivity contribution in [2.45, 2.75) is 26.1 Å². The lowest BCUT2D eigenvalue weighted by molar-refractivity contribution is 0.151. The first-order valence-electron chi connectivity index (χ1n) is 5.65. The molecule has 0 spiro atoms. The highest BCUT2D eigenvalue weighted by Crippen LogP contribution is 2.15. The van der Waals surface area contributed by atoms with Gasteiger partial charge in [-0.15, -0.1) is 0 Å². The molecule has 3 N–H and O–H groups in total. The van der Waals surface area contributed by atoms with Gasteiger partial charge in [-0.25, -0.2) is 0 Å². The summed E-state index contributed by atoms with van der Waals surface area (Å²) in [5, 5.41) is 14.2. The smallest absolute Gasteiger partial charge is 0.0985 e. The maximum absolute atomic E-state index is 10.1. The second-order valence-corrected chi connectivity index (χ2v) is 4.20. The Morgan fingerprint density at radius 2 is 2.06 bits per heavy atom. The summed E-state index contributed by atoms with van der Waals surface area (Å²) in [6.07, 6.45) is 3.04. The number of nitrogens with two attached hydrogens (primary N) is 1. The van der Waals surface area contributed by atoms with Crippen molar-refractivity contribution < 1.29 is 5.11 Å². The predicted molar refractivity (Wildman–Crippen MR) is 66.3 cm³/mol. The quantitative estimate of drug-likeness (QED) is 0.835. The van der Waals surface area contributed by atoms with Crippen molar-refractivity contribution in [1.82, 2.24) is 9.78 Å². The van der Waals surface area contributed by atoms with Gasteiger partial charge in [-0.1, -0.05) is 29.8 Å². The van der Waals surface area contributed by atoms with Crippen LogP contribution in [0, 0.1) is 6.92 Å². The summed E-state index contributed by atoms with van der Waals surface area (Å²) in [6.45, 7) is 2.95. The summed E-state index contributed by atoms with van der Waals surface area (Å²) >= 11 is 0. The van der Waals surface area contributed by atoms with Crippen LogP contribution in [-0.4, -0.2) is 14.9 Å². The van der Waals surface area contributed by atoms with Crippen LogP contribution in [-0.2, 0) is 13.1 Å². The number of aliphatic hydroxyl groups is 1. The monoisotopic (exact) mass is 231 g/mol. The van der Waals surface area contributed by atoms with Gasteiger partial charge in [0, 0.05) is 18.3 Å². The summed E-state index contributed by atoms with van der Waals surface area (Å²) in [7, 11) is 0. The molecule has 1 aromatic heterocycles. The number of benzene rings is 1. The van der Waals surface area contributed by atoms with E-state index in [1.807, 2.05) is 37.4 Å². The van der Waals surface area contributed by atoms with E-state index in [9.17, 15) is 5.11 Å². The summed E-state index contributed by atoms with van der Waals surface area (Å²) < 4.78 is 1.71. The first-order valence-corrected chi connectivity index (χ1v) is 5.65. The highest BCUT2D eigenvalue weighted by molar-refractivity contribution is 5.23. The van der Waals surface area contributed by atoms with Crippen molar-refractivity contribution >= 4 is 0 Å². The van der Waals surface area contributed by atoms with Gasteiger partial charge in [0.25, 0.3) is 0 Å². The Bertz CT molecular complexity index is 476. The molecule has 2 aromatic rings. The minimum Gasteiger partial charge on any atom is -0.386 e. The minimum atomic E-state index is -0.541. The molecular weight excluding hydrogens is 214 g/mol. The number of hydrogen-bond acceptors (Lipinski definition) is 3. The second kappa shape index (κ2) is 5.12. The van der Waals surface area contributed by atoms with Crippen LogP contribution in [0.3, 0.4) is 0 Å². The van der Waals surface area contributed by atoms with Gasteiger partial charge in [0.1, 0.15) is 0 Å². The van der Waals surface area contributed by atoms with E-state index in [2.05, 4.69) is 5.10 Å². The Kier molecular flexibility index (Phi) is 3.56. The maximum Gasteiger partial charge on any atom is 0.0985 e. The highest BCUT2D eigenvalue weighted by Gasteiger charge is 2.08. The summed E-state index contributed by atoms with van der Waals surface area (Å²) in [4.78, 5) is 0. The lowest BCUT2D eigenvalue weighted by Crippen LogP contribution is -2.09. The molecule has 1 heterocycles. The molecule has 1 atom stereocenters. The molecule has 0 saturated carbocycles. The third-order valence-corrected chi connectivity index (χ3v) is 2.74. The molecular formula is C13H17N3O. The summed E-state index contributed by atoms with van der Waals surface area (Å²) in [5.74, 6) is 0. The Labute approximate surface area is 101 Å². The van der Waals surface area contributed by atoms with Crippen LogP contribution >= 0.6 is 0 Å². The molecule has 4 nitrogen and oxygen atoms in total. The Morgan fingerprint density at radius 3 is 2.65 bits per heavy atom. The number of nitrogens with zero attached hydrogens (tertiary/aromatic N) is 2. The SMILES string of the molecule is Cc1ccc(C(O)Cn2cc(CN)cn2)cc1. The average molecular weight is 231 g/mol. The van der Waals surface area contributed by atoms with Crippen LogP contribution < -0.4 is 5.73 Å². The molecule has 17 heavy (non-hydrogen) atoms. The molecule has 0 aliphatic rings. The third-order valence-electron chi connectivity index (χ3n) is 2.74. The Balaban J connectivity index is 2.05. The van der Waals surface area contributed by atoms with E-state index in [1.165, 1.54) is 5.56 Å². The van der Waals surface area contributed by atoms with Gasteiger partial charge in [0.05, 0.1) is 18.8 Å². The first kappa shape index (κ1) is 11.8. The van der Waals surface area contributed by atoms with Crippen molar-refractivity contribution in [3.05, 3.63) is 53.3 Å².